The van der Waals surface area contributed by atoms with Gasteiger partial charge in [-0.05, 0) is 30.5 Å². The van der Waals surface area contributed by atoms with Gasteiger partial charge in [-0.1, -0.05) is 18.3 Å². The lowest BCUT2D eigenvalue weighted by atomic mass is 10.3. The van der Waals surface area contributed by atoms with E-state index >= 15 is 0 Å². The fourth-order valence-corrected chi connectivity index (χ4v) is 2.90. The van der Waals surface area contributed by atoms with E-state index < -0.39 is 0 Å². The van der Waals surface area contributed by atoms with Gasteiger partial charge in [0.25, 0.3) is 11.9 Å². The fourth-order valence-electron chi connectivity index (χ4n) is 2.39. The molecule has 8 nitrogen and oxygen atoms in total. The number of pyridine rings is 1. The Bertz CT molecular complexity index is 1060. The predicted octanol–water partition coefficient (Wildman–Crippen LogP) is 3.85. The normalized spacial score (nSPS) is 12.1. The summed E-state index contributed by atoms with van der Waals surface area (Å²) in [4.78, 5) is 21.0. The van der Waals surface area contributed by atoms with Crippen molar-refractivity contribution < 1.29 is 13.9 Å². The number of benzene rings is 1. The van der Waals surface area contributed by atoms with Crippen LogP contribution in [0.5, 0.6) is 11.5 Å². The average Bonchev–Trinajstić information content (AvgIpc) is 3.12. The molecule has 0 radical (unpaired) electrons. The molecule has 0 bridgehead atoms. The van der Waals surface area contributed by atoms with Gasteiger partial charge in [0.1, 0.15) is 22.7 Å². The molecule has 3 aromatic rings. The van der Waals surface area contributed by atoms with Gasteiger partial charge in [-0.15, -0.1) is 0 Å². The van der Waals surface area contributed by atoms with Crippen molar-refractivity contribution in [3.63, 3.8) is 0 Å². The summed E-state index contributed by atoms with van der Waals surface area (Å²) < 4.78 is 11.6. The molecule has 0 saturated heterocycles. The highest BCUT2D eigenvalue weighted by Crippen LogP contribution is 2.28. The van der Waals surface area contributed by atoms with E-state index in [-0.39, 0.29) is 17.6 Å². The van der Waals surface area contributed by atoms with Gasteiger partial charge in [-0.2, -0.15) is 4.98 Å². The number of ether oxygens (including phenoxy) is 1. The lowest BCUT2D eigenvalue weighted by molar-refractivity contribution is 0.0958. The van der Waals surface area contributed by atoms with E-state index in [0.717, 1.165) is 4.91 Å². The van der Waals surface area contributed by atoms with E-state index in [4.69, 9.17) is 14.9 Å². The van der Waals surface area contributed by atoms with Crippen LogP contribution in [0.3, 0.4) is 0 Å². The Morgan fingerprint density at radius 2 is 2.14 bits per heavy atom. The molecule has 29 heavy (non-hydrogen) atoms. The predicted molar refractivity (Wildman–Crippen MR) is 115 cm³/mol. The third kappa shape index (κ3) is 5.08. The molecule has 0 fully saturated rings. The molecular weight excluding hydrogens is 390 g/mol. The Hall–Kier alpha value is -3.46. The standard InChI is InChI=1S/C20H21N5O3S/c1-12(13(2)29-9-7-21)24-20-25-16-5-4-14(11-18(16)28-20)27-15-6-8-23-17(10-15)19(26)22-3/h4-12H,2,21H2,1,3H3,(H,22,26)(H,24,25)/b9-7-. The van der Waals surface area contributed by atoms with Crippen LogP contribution in [0.2, 0.25) is 0 Å². The fraction of sp³-hybridized carbons (Fsp3) is 0.150. The first-order valence-electron chi connectivity index (χ1n) is 8.75. The Labute approximate surface area is 172 Å². The molecule has 2 aromatic heterocycles. The third-order valence-electron chi connectivity index (χ3n) is 3.91. The monoisotopic (exact) mass is 411 g/mol. The van der Waals surface area contributed by atoms with Crippen LogP contribution in [-0.4, -0.2) is 29.0 Å². The van der Waals surface area contributed by atoms with E-state index in [2.05, 4.69) is 27.2 Å². The van der Waals surface area contributed by atoms with Crippen LogP contribution < -0.4 is 21.1 Å². The lowest BCUT2D eigenvalue weighted by Gasteiger charge is -2.12. The van der Waals surface area contributed by atoms with Crippen LogP contribution in [0, 0.1) is 0 Å². The van der Waals surface area contributed by atoms with Crippen molar-refractivity contribution in [2.24, 2.45) is 5.73 Å². The first kappa shape index (κ1) is 20.3. The number of rotatable bonds is 8. The molecule has 150 valence electrons. The zero-order valence-electron chi connectivity index (χ0n) is 16.0. The summed E-state index contributed by atoms with van der Waals surface area (Å²) in [6.07, 6.45) is 2.98. The van der Waals surface area contributed by atoms with E-state index in [1.54, 1.807) is 42.8 Å². The highest BCUT2D eigenvalue weighted by molar-refractivity contribution is 8.05. The number of carbonyl (C=O) groups is 1. The number of carbonyl (C=O) groups excluding carboxylic acids is 1. The van der Waals surface area contributed by atoms with Crippen LogP contribution >= 0.6 is 11.8 Å². The average molecular weight is 411 g/mol. The largest absolute Gasteiger partial charge is 0.457 e. The molecule has 9 heteroatoms. The van der Waals surface area contributed by atoms with Gasteiger partial charge in [-0.3, -0.25) is 9.78 Å². The first-order chi connectivity index (χ1) is 14.0. The quantitative estimate of drug-likeness (QED) is 0.512. The van der Waals surface area contributed by atoms with Gasteiger partial charge < -0.3 is 25.5 Å². The summed E-state index contributed by atoms with van der Waals surface area (Å²) in [5.41, 5.74) is 6.88. The van der Waals surface area contributed by atoms with Gasteiger partial charge in [0.05, 0.1) is 6.04 Å². The van der Waals surface area contributed by atoms with Gasteiger partial charge in [0.2, 0.25) is 0 Å². The molecule has 2 heterocycles. The van der Waals surface area contributed by atoms with E-state index in [0.29, 0.717) is 28.6 Å². The number of thioether (sulfide) groups is 1. The van der Waals surface area contributed by atoms with E-state index in [1.807, 2.05) is 6.92 Å². The number of oxazole rings is 1. The number of hydrogen-bond acceptors (Lipinski definition) is 8. The zero-order valence-corrected chi connectivity index (χ0v) is 16.8. The van der Waals surface area contributed by atoms with Crippen LogP contribution in [0.1, 0.15) is 17.4 Å². The molecular formula is C20H21N5O3S. The van der Waals surface area contributed by atoms with Crippen molar-refractivity contribution in [1.82, 2.24) is 15.3 Å². The number of amides is 1. The van der Waals surface area contributed by atoms with Crippen molar-refractivity contribution in [2.45, 2.75) is 13.0 Å². The van der Waals surface area contributed by atoms with E-state index in [1.165, 1.54) is 24.2 Å². The smallest absolute Gasteiger partial charge is 0.296 e. The third-order valence-corrected chi connectivity index (χ3v) is 4.86. The topological polar surface area (TPSA) is 115 Å². The number of hydrogen-bond donors (Lipinski definition) is 3. The Kier molecular flexibility index (Phi) is 6.40. The summed E-state index contributed by atoms with van der Waals surface area (Å²) in [5.74, 6) is 0.758. The van der Waals surface area contributed by atoms with Gasteiger partial charge in [0.15, 0.2) is 5.58 Å². The second-order valence-electron chi connectivity index (χ2n) is 5.99. The molecule has 1 unspecified atom stereocenters. The van der Waals surface area contributed by atoms with Crippen LogP contribution in [-0.2, 0) is 0 Å². The molecule has 0 aliphatic carbocycles. The molecule has 1 amide bonds. The SMILES string of the molecule is C=C(S/C=C\N)C(C)Nc1nc2ccc(Oc3ccnc(C(=O)NC)c3)cc2o1. The van der Waals surface area contributed by atoms with Gasteiger partial charge >= 0.3 is 0 Å². The molecule has 0 spiro atoms. The van der Waals surface area contributed by atoms with Crippen LogP contribution in [0.15, 0.2) is 64.0 Å². The van der Waals surface area contributed by atoms with Crippen molar-refractivity contribution in [1.29, 1.82) is 0 Å². The molecule has 3 rings (SSSR count). The number of nitrogens with two attached hydrogens (primary N) is 1. The number of fused-ring (bicyclic) bond motifs is 1. The van der Waals surface area contributed by atoms with Crippen molar-refractivity contribution in [2.75, 3.05) is 12.4 Å². The highest BCUT2D eigenvalue weighted by atomic mass is 32.2. The first-order valence-corrected chi connectivity index (χ1v) is 9.63. The summed E-state index contributed by atoms with van der Waals surface area (Å²) in [6, 6.07) is 8.86. The number of aromatic nitrogens is 2. The Morgan fingerprint density at radius 3 is 2.90 bits per heavy atom. The maximum atomic E-state index is 11.7. The van der Waals surface area contributed by atoms with Crippen molar-refractivity contribution in [3.05, 3.63) is 65.3 Å². The van der Waals surface area contributed by atoms with Gasteiger partial charge in [-0.25, -0.2) is 0 Å². The van der Waals surface area contributed by atoms with Crippen molar-refractivity contribution in [3.8, 4) is 11.5 Å². The van der Waals surface area contributed by atoms with Crippen LogP contribution in [0.4, 0.5) is 6.01 Å². The van der Waals surface area contributed by atoms with Gasteiger partial charge in [0, 0.05) is 36.5 Å². The lowest BCUT2D eigenvalue weighted by Crippen LogP contribution is -2.18. The number of anilines is 1. The molecule has 0 saturated carbocycles. The maximum absolute atomic E-state index is 11.7. The molecule has 1 aromatic carbocycles. The summed E-state index contributed by atoms with van der Waals surface area (Å²) in [6.45, 7) is 5.95. The number of nitrogens with one attached hydrogen (secondary N) is 2. The summed E-state index contributed by atoms with van der Waals surface area (Å²) in [5, 5.41) is 7.45. The second kappa shape index (κ2) is 9.16. The minimum absolute atomic E-state index is 0.0695. The molecule has 4 N–H and O–H groups in total. The maximum Gasteiger partial charge on any atom is 0.296 e. The number of nitrogens with zero attached hydrogens (tertiary/aromatic N) is 2. The zero-order chi connectivity index (χ0) is 20.8. The molecule has 1 atom stereocenters. The summed E-state index contributed by atoms with van der Waals surface area (Å²) >= 11 is 1.43. The minimum Gasteiger partial charge on any atom is -0.457 e. The molecule has 0 aliphatic heterocycles. The Balaban J connectivity index is 1.74. The summed E-state index contributed by atoms with van der Waals surface area (Å²) in [7, 11) is 1.55. The molecule has 0 aliphatic rings. The van der Waals surface area contributed by atoms with Crippen LogP contribution in [0.25, 0.3) is 11.1 Å². The Morgan fingerprint density at radius 1 is 1.34 bits per heavy atom. The van der Waals surface area contributed by atoms with E-state index in [9.17, 15) is 4.79 Å². The minimum atomic E-state index is -0.285. The highest BCUT2D eigenvalue weighted by Gasteiger charge is 2.13. The second-order valence-corrected chi connectivity index (χ2v) is 7.02. The van der Waals surface area contributed by atoms with Crippen molar-refractivity contribution >= 4 is 34.8 Å².